The maximum absolute atomic E-state index is 12.9. The first-order chi connectivity index (χ1) is 13.1. The number of benzene rings is 1. The second-order valence-corrected chi connectivity index (χ2v) is 6.98. The van der Waals surface area contributed by atoms with Crippen LogP contribution < -0.4 is 10.2 Å². The Kier molecular flexibility index (Phi) is 6.45. The van der Waals surface area contributed by atoms with Crippen LogP contribution in [0.4, 0.5) is 5.69 Å². The molecule has 2 amide bonds. The van der Waals surface area contributed by atoms with Crippen molar-refractivity contribution in [1.29, 1.82) is 0 Å². The molecule has 1 unspecified atom stereocenters. The highest BCUT2D eigenvalue weighted by Crippen LogP contribution is 2.27. The zero-order valence-electron chi connectivity index (χ0n) is 15.8. The highest BCUT2D eigenvalue weighted by Gasteiger charge is 2.35. The van der Waals surface area contributed by atoms with E-state index in [1.54, 1.807) is 9.80 Å². The standard InChI is InChI=1S/C20H27N3O4/c1-2-3-12-27-19(25)13-17-20(26)21-9-11-22(17)14-18(24)23-10-8-15-6-4-5-7-16(15)23/h4-7,17H,2-3,8-14H2,1H3,(H,21,26). The first-order valence-electron chi connectivity index (χ1n) is 9.65. The summed E-state index contributed by atoms with van der Waals surface area (Å²) >= 11 is 0. The van der Waals surface area contributed by atoms with E-state index in [-0.39, 0.29) is 24.8 Å². The fourth-order valence-corrected chi connectivity index (χ4v) is 3.58. The van der Waals surface area contributed by atoms with Gasteiger partial charge in [0.25, 0.3) is 0 Å². The molecule has 0 saturated carbocycles. The molecule has 2 aliphatic heterocycles. The smallest absolute Gasteiger partial charge is 0.307 e. The van der Waals surface area contributed by atoms with Gasteiger partial charge in [0.15, 0.2) is 0 Å². The van der Waals surface area contributed by atoms with Crippen LogP contribution in [0.5, 0.6) is 0 Å². The lowest BCUT2D eigenvalue weighted by atomic mass is 10.1. The second-order valence-electron chi connectivity index (χ2n) is 6.98. The molecule has 1 aromatic carbocycles. The van der Waals surface area contributed by atoms with E-state index in [2.05, 4.69) is 5.32 Å². The van der Waals surface area contributed by atoms with E-state index >= 15 is 0 Å². The SMILES string of the molecule is CCCCOC(=O)CC1C(=O)NCCN1CC(=O)N1CCc2ccccc21. The van der Waals surface area contributed by atoms with Crippen molar-refractivity contribution in [1.82, 2.24) is 10.2 Å². The lowest BCUT2D eigenvalue weighted by Gasteiger charge is -2.34. The number of ether oxygens (including phenoxy) is 1. The van der Waals surface area contributed by atoms with Crippen LogP contribution in [0, 0.1) is 0 Å². The van der Waals surface area contributed by atoms with Crippen LogP contribution in [0.25, 0.3) is 0 Å². The molecule has 7 nitrogen and oxygen atoms in total. The lowest BCUT2D eigenvalue weighted by molar-refractivity contribution is -0.149. The minimum atomic E-state index is -0.658. The number of unbranched alkanes of at least 4 members (excludes halogenated alkanes) is 1. The summed E-state index contributed by atoms with van der Waals surface area (Å²) in [6, 6.07) is 7.22. The van der Waals surface area contributed by atoms with E-state index in [4.69, 9.17) is 4.74 Å². The van der Waals surface area contributed by atoms with Gasteiger partial charge < -0.3 is 15.0 Å². The molecular formula is C20H27N3O4. The predicted molar refractivity (Wildman–Crippen MR) is 101 cm³/mol. The lowest BCUT2D eigenvalue weighted by Crippen LogP contribution is -2.58. The number of rotatable bonds is 7. The number of esters is 1. The van der Waals surface area contributed by atoms with Crippen LogP contribution in [0.15, 0.2) is 24.3 Å². The summed E-state index contributed by atoms with van der Waals surface area (Å²) in [6.07, 6.45) is 2.56. The van der Waals surface area contributed by atoms with E-state index in [9.17, 15) is 14.4 Å². The molecule has 0 radical (unpaired) electrons. The van der Waals surface area contributed by atoms with Crippen molar-refractivity contribution in [3.63, 3.8) is 0 Å². The molecule has 1 saturated heterocycles. The largest absolute Gasteiger partial charge is 0.466 e. The summed E-state index contributed by atoms with van der Waals surface area (Å²) in [6.45, 7) is 4.18. The van der Waals surface area contributed by atoms with Gasteiger partial charge in [0.2, 0.25) is 11.8 Å². The number of hydrogen-bond donors (Lipinski definition) is 1. The molecule has 1 atom stereocenters. The van der Waals surface area contributed by atoms with Gasteiger partial charge in [0, 0.05) is 25.3 Å². The van der Waals surface area contributed by atoms with E-state index in [1.165, 1.54) is 5.56 Å². The Bertz CT molecular complexity index is 706. The van der Waals surface area contributed by atoms with Crippen LogP contribution in [0.2, 0.25) is 0 Å². The number of anilines is 1. The summed E-state index contributed by atoms with van der Waals surface area (Å²) in [5.74, 6) is -0.656. The van der Waals surface area contributed by atoms with E-state index in [1.807, 2.05) is 31.2 Å². The van der Waals surface area contributed by atoms with Gasteiger partial charge in [0.05, 0.1) is 19.6 Å². The fraction of sp³-hybridized carbons (Fsp3) is 0.550. The van der Waals surface area contributed by atoms with E-state index in [0.717, 1.165) is 24.9 Å². The number of amides is 2. The average Bonchev–Trinajstić information content (AvgIpc) is 3.09. The quantitative estimate of drug-likeness (QED) is 0.572. The molecule has 0 spiro atoms. The Morgan fingerprint density at radius 2 is 2.07 bits per heavy atom. The normalized spacial score (nSPS) is 19.5. The van der Waals surface area contributed by atoms with Crippen molar-refractivity contribution in [3.8, 4) is 0 Å². The van der Waals surface area contributed by atoms with Crippen LogP contribution >= 0.6 is 0 Å². The topological polar surface area (TPSA) is 79.0 Å². The second kappa shape index (κ2) is 8.99. The maximum atomic E-state index is 12.9. The first kappa shape index (κ1) is 19.4. The molecule has 0 aliphatic carbocycles. The molecule has 3 rings (SSSR count). The van der Waals surface area contributed by atoms with Crippen LogP contribution in [-0.2, 0) is 25.5 Å². The maximum Gasteiger partial charge on any atom is 0.307 e. The minimum absolute atomic E-state index is 0.0284. The number of fused-ring (bicyclic) bond motifs is 1. The Hall–Kier alpha value is -2.41. The Morgan fingerprint density at radius 1 is 1.26 bits per heavy atom. The third-order valence-electron chi connectivity index (χ3n) is 5.09. The molecule has 146 valence electrons. The van der Waals surface area contributed by atoms with Crippen LogP contribution in [0.3, 0.4) is 0 Å². The molecule has 0 bridgehead atoms. The number of carbonyl (C=O) groups is 3. The monoisotopic (exact) mass is 373 g/mol. The molecule has 1 aromatic rings. The third kappa shape index (κ3) is 4.66. The molecule has 2 aliphatic rings. The van der Waals surface area contributed by atoms with Gasteiger partial charge in [-0.3, -0.25) is 19.3 Å². The third-order valence-corrected chi connectivity index (χ3v) is 5.09. The number of nitrogens with zero attached hydrogens (tertiary/aromatic N) is 2. The summed E-state index contributed by atoms with van der Waals surface area (Å²) in [7, 11) is 0. The highest BCUT2D eigenvalue weighted by atomic mass is 16.5. The average molecular weight is 373 g/mol. The van der Waals surface area contributed by atoms with Gasteiger partial charge in [-0.1, -0.05) is 31.5 Å². The van der Waals surface area contributed by atoms with Crippen molar-refractivity contribution >= 4 is 23.5 Å². The van der Waals surface area contributed by atoms with Gasteiger partial charge in [-0.05, 0) is 24.5 Å². The number of para-hydroxylation sites is 1. The fourth-order valence-electron chi connectivity index (χ4n) is 3.58. The zero-order valence-corrected chi connectivity index (χ0v) is 15.8. The molecule has 1 N–H and O–H groups in total. The number of hydrogen-bond acceptors (Lipinski definition) is 5. The number of nitrogens with one attached hydrogen (secondary N) is 1. The van der Waals surface area contributed by atoms with Crippen LogP contribution in [-0.4, -0.2) is 61.5 Å². The summed E-state index contributed by atoms with van der Waals surface area (Å²) < 4.78 is 5.19. The summed E-state index contributed by atoms with van der Waals surface area (Å²) in [4.78, 5) is 40.8. The first-order valence-corrected chi connectivity index (χ1v) is 9.65. The molecule has 0 aromatic heterocycles. The van der Waals surface area contributed by atoms with E-state index in [0.29, 0.717) is 26.2 Å². The molecule has 7 heteroatoms. The van der Waals surface area contributed by atoms with Crippen molar-refractivity contribution in [3.05, 3.63) is 29.8 Å². The zero-order chi connectivity index (χ0) is 19.2. The molecule has 2 heterocycles. The van der Waals surface area contributed by atoms with Crippen molar-refractivity contribution in [2.24, 2.45) is 0 Å². The minimum Gasteiger partial charge on any atom is -0.466 e. The molecule has 1 fully saturated rings. The van der Waals surface area contributed by atoms with Gasteiger partial charge in [-0.2, -0.15) is 0 Å². The van der Waals surface area contributed by atoms with Gasteiger partial charge in [0.1, 0.15) is 6.04 Å². The van der Waals surface area contributed by atoms with E-state index < -0.39 is 12.0 Å². The predicted octanol–water partition coefficient (Wildman–Crippen LogP) is 1.11. The van der Waals surface area contributed by atoms with Crippen molar-refractivity contribution in [2.75, 3.05) is 37.7 Å². The van der Waals surface area contributed by atoms with Crippen LogP contribution in [0.1, 0.15) is 31.7 Å². The summed E-state index contributed by atoms with van der Waals surface area (Å²) in [5.41, 5.74) is 2.11. The van der Waals surface area contributed by atoms with Gasteiger partial charge >= 0.3 is 5.97 Å². The Morgan fingerprint density at radius 3 is 2.89 bits per heavy atom. The van der Waals surface area contributed by atoms with Gasteiger partial charge in [-0.15, -0.1) is 0 Å². The molecular weight excluding hydrogens is 346 g/mol. The van der Waals surface area contributed by atoms with Crippen molar-refractivity contribution in [2.45, 2.75) is 38.6 Å². The Balaban J connectivity index is 1.62. The summed E-state index contributed by atoms with van der Waals surface area (Å²) in [5, 5.41) is 2.78. The van der Waals surface area contributed by atoms with Gasteiger partial charge in [-0.25, -0.2) is 0 Å². The number of carbonyl (C=O) groups excluding carboxylic acids is 3. The highest BCUT2D eigenvalue weighted by molar-refractivity contribution is 5.97. The Labute approximate surface area is 159 Å². The number of piperazine rings is 1. The molecule has 27 heavy (non-hydrogen) atoms. The van der Waals surface area contributed by atoms with Crippen molar-refractivity contribution < 1.29 is 19.1 Å².